The zero-order valence-corrected chi connectivity index (χ0v) is 13.2. The van der Waals surface area contributed by atoms with Crippen LogP contribution in [0.2, 0.25) is 0 Å². The summed E-state index contributed by atoms with van der Waals surface area (Å²) in [4.78, 5) is 0. The molecule has 0 saturated heterocycles. The summed E-state index contributed by atoms with van der Waals surface area (Å²) in [6.45, 7) is 8.40. The van der Waals surface area contributed by atoms with E-state index in [1.54, 1.807) is 0 Å². The van der Waals surface area contributed by atoms with Crippen LogP contribution in [0.25, 0.3) is 0 Å². The molecule has 0 aromatic heterocycles. The van der Waals surface area contributed by atoms with E-state index < -0.39 is 0 Å². The third-order valence-electron chi connectivity index (χ3n) is 4.26. The maximum atomic E-state index is 6.09. The molecule has 0 radical (unpaired) electrons. The van der Waals surface area contributed by atoms with Gasteiger partial charge in [0.05, 0.1) is 18.8 Å². The Morgan fingerprint density at radius 3 is 2.25 bits per heavy atom. The Morgan fingerprint density at radius 1 is 1.10 bits per heavy atom. The van der Waals surface area contributed by atoms with Crippen LogP contribution >= 0.6 is 0 Å². The molecular formula is C18H29NO. The summed E-state index contributed by atoms with van der Waals surface area (Å²) in [6.07, 6.45) is 5.64. The van der Waals surface area contributed by atoms with Crippen LogP contribution in [0.3, 0.4) is 0 Å². The fourth-order valence-electron chi connectivity index (χ4n) is 2.92. The molecule has 112 valence electrons. The Morgan fingerprint density at radius 2 is 1.70 bits per heavy atom. The van der Waals surface area contributed by atoms with Crippen molar-refractivity contribution in [2.45, 2.75) is 64.5 Å². The van der Waals surface area contributed by atoms with Gasteiger partial charge >= 0.3 is 0 Å². The lowest BCUT2D eigenvalue weighted by atomic mass is 9.99. The number of likely N-dealkylation sites (N-methyl/N-ethyl adjacent to an activating group) is 1. The largest absolute Gasteiger partial charge is 0.376 e. The van der Waals surface area contributed by atoms with Crippen molar-refractivity contribution in [1.29, 1.82) is 0 Å². The molecule has 1 unspecified atom stereocenters. The highest BCUT2D eigenvalue weighted by Gasteiger charge is 2.18. The van der Waals surface area contributed by atoms with Crippen molar-refractivity contribution in [2.24, 2.45) is 0 Å². The molecule has 1 aromatic carbocycles. The van der Waals surface area contributed by atoms with E-state index in [0.29, 0.717) is 18.1 Å². The first kappa shape index (κ1) is 15.5. The van der Waals surface area contributed by atoms with Gasteiger partial charge in [0.1, 0.15) is 0 Å². The first-order chi connectivity index (χ1) is 9.70. The number of nitrogens with one attached hydrogen (secondary N) is 1. The molecule has 0 amide bonds. The molecule has 1 aliphatic carbocycles. The van der Waals surface area contributed by atoms with Gasteiger partial charge in [0.15, 0.2) is 0 Å². The van der Waals surface area contributed by atoms with E-state index in [2.05, 4.69) is 50.4 Å². The van der Waals surface area contributed by atoms with Crippen LogP contribution in [0.1, 0.15) is 69.5 Å². The van der Waals surface area contributed by atoms with Gasteiger partial charge in [-0.25, -0.2) is 0 Å². The molecular weight excluding hydrogens is 246 g/mol. The molecule has 0 aliphatic heterocycles. The van der Waals surface area contributed by atoms with E-state index in [9.17, 15) is 0 Å². The minimum absolute atomic E-state index is 0.321. The van der Waals surface area contributed by atoms with Crippen molar-refractivity contribution in [1.82, 2.24) is 5.32 Å². The summed E-state index contributed by atoms with van der Waals surface area (Å²) in [5.74, 6) is 0.594. The topological polar surface area (TPSA) is 21.3 Å². The molecule has 2 heteroatoms. The number of ether oxygens (including phenoxy) is 1. The number of rotatable bonds is 7. The first-order valence-electron chi connectivity index (χ1n) is 8.15. The average molecular weight is 275 g/mol. The third kappa shape index (κ3) is 4.32. The molecule has 1 fully saturated rings. The van der Waals surface area contributed by atoms with E-state index in [0.717, 1.165) is 13.2 Å². The summed E-state index contributed by atoms with van der Waals surface area (Å²) in [7, 11) is 0. The van der Waals surface area contributed by atoms with E-state index in [-0.39, 0.29) is 0 Å². The van der Waals surface area contributed by atoms with Crippen LogP contribution in [-0.2, 0) is 4.74 Å². The van der Waals surface area contributed by atoms with Crippen molar-refractivity contribution in [2.75, 3.05) is 13.2 Å². The van der Waals surface area contributed by atoms with E-state index in [1.165, 1.54) is 36.8 Å². The maximum absolute atomic E-state index is 6.09. The number of benzene rings is 1. The monoisotopic (exact) mass is 275 g/mol. The molecule has 1 aliphatic rings. The zero-order valence-electron chi connectivity index (χ0n) is 13.2. The third-order valence-corrected chi connectivity index (χ3v) is 4.26. The van der Waals surface area contributed by atoms with Gasteiger partial charge in [-0.15, -0.1) is 0 Å². The predicted octanol–water partition coefficient (Wildman–Crippen LogP) is 4.42. The van der Waals surface area contributed by atoms with Gasteiger partial charge in [-0.3, -0.25) is 0 Å². The molecule has 1 aromatic rings. The van der Waals surface area contributed by atoms with Crippen LogP contribution in [0.15, 0.2) is 24.3 Å². The van der Waals surface area contributed by atoms with Gasteiger partial charge in [-0.2, -0.15) is 0 Å². The highest BCUT2D eigenvalue weighted by atomic mass is 16.5. The molecule has 2 rings (SSSR count). The Labute approximate surface area is 123 Å². The minimum Gasteiger partial charge on any atom is -0.376 e. The summed E-state index contributed by atoms with van der Waals surface area (Å²) in [5, 5.41) is 3.55. The van der Waals surface area contributed by atoms with Crippen LogP contribution in [0, 0.1) is 0 Å². The van der Waals surface area contributed by atoms with Crippen LogP contribution < -0.4 is 5.32 Å². The van der Waals surface area contributed by atoms with Gasteiger partial charge in [-0.1, -0.05) is 57.9 Å². The van der Waals surface area contributed by atoms with Crippen molar-refractivity contribution in [3.63, 3.8) is 0 Å². The van der Waals surface area contributed by atoms with Crippen LogP contribution in [0.5, 0.6) is 0 Å². The SMILES string of the molecule is CCNC(COC1CCCC1)c1ccc(C(C)C)cc1. The highest BCUT2D eigenvalue weighted by Crippen LogP contribution is 2.24. The lowest BCUT2D eigenvalue weighted by Crippen LogP contribution is -2.27. The minimum atomic E-state index is 0.321. The molecule has 1 N–H and O–H groups in total. The van der Waals surface area contributed by atoms with Crippen molar-refractivity contribution < 1.29 is 4.74 Å². The zero-order chi connectivity index (χ0) is 14.4. The van der Waals surface area contributed by atoms with E-state index >= 15 is 0 Å². The molecule has 1 saturated carbocycles. The molecule has 0 heterocycles. The normalized spacial score (nSPS) is 17.8. The smallest absolute Gasteiger partial charge is 0.0665 e. The van der Waals surface area contributed by atoms with Gasteiger partial charge in [0.2, 0.25) is 0 Å². The fourth-order valence-corrected chi connectivity index (χ4v) is 2.92. The Bertz CT molecular complexity index is 379. The molecule has 0 spiro atoms. The lowest BCUT2D eigenvalue weighted by Gasteiger charge is -2.21. The molecule has 0 bridgehead atoms. The standard InChI is InChI=1S/C18H29NO/c1-4-19-18(13-20-17-7-5-6-8-17)16-11-9-15(10-12-16)14(2)3/h9-12,14,17-19H,4-8,13H2,1-3H3. The van der Waals surface area contributed by atoms with Crippen LogP contribution in [0.4, 0.5) is 0 Å². The quantitative estimate of drug-likeness (QED) is 0.795. The second-order valence-corrected chi connectivity index (χ2v) is 6.17. The maximum Gasteiger partial charge on any atom is 0.0665 e. The second kappa shape index (κ2) is 7.80. The second-order valence-electron chi connectivity index (χ2n) is 6.17. The highest BCUT2D eigenvalue weighted by molar-refractivity contribution is 5.27. The summed E-state index contributed by atoms with van der Waals surface area (Å²) < 4.78 is 6.09. The first-order valence-corrected chi connectivity index (χ1v) is 8.15. The summed E-state index contributed by atoms with van der Waals surface area (Å²) in [5.41, 5.74) is 2.75. The predicted molar refractivity (Wildman–Crippen MR) is 85.2 cm³/mol. The lowest BCUT2D eigenvalue weighted by molar-refractivity contribution is 0.0428. The summed E-state index contributed by atoms with van der Waals surface area (Å²) in [6, 6.07) is 9.32. The van der Waals surface area contributed by atoms with Gasteiger partial charge in [0.25, 0.3) is 0 Å². The van der Waals surface area contributed by atoms with Gasteiger partial charge in [-0.05, 0) is 36.4 Å². The Hall–Kier alpha value is -0.860. The van der Waals surface area contributed by atoms with Crippen molar-refractivity contribution >= 4 is 0 Å². The van der Waals surface area contributed by atoms with Gasteiger partial charge < -0.3 is 10.1 Å². The van der Waals surface area contributed by atoms with Crippen molar-refractivity contribution in [3.05, 3.63) is 35.4 Å². The average Bonchev–Trinajstić information content (AvgIpc) is 2.97. The van der Waals surface area contributed by atoms with E-state index in [1.807, 2.05) is 0 Å². The van der Waals surface area contributed by atoms with E-state index in [4.69, 9.17) is 4.74 Å². The Kier molecular flexibility index (Phi) is 6.06. The number of hydrogen-bond acceptors (Lipinski definition) is 2. The molecule has 20 heavy (non-hydrogen) atoms. The number of hydrogen-bond donors (Lipinski definition) is 1. The van der Waals surface area contributed by atoms with Crippen molar-refractivity contribution in [3.8, 4) is 0 Å². The van der Waals surface area contributed by atoms with Gasteiger partial charge in [0, 0.05) is 0 Å². The fraction of sp³-hybridized carbons (Fsp3) is 0.667. The Balaban J connectivity index is 1.95. The van der Waals surface area contributed by atoms with Crippen LogP contribution in [-0.4, -0.2) is 19.3 Å². The molecule has 2 nitrogen and oxygen atoms in total. The molecule has 1 atom stereocenters. The summed E-state index contributed by atoms with van der Waals surface area (Å²) >= 11 is 0.